The van der Waals surface area contributed by atoms with E-state index in [4.69, 9.17) is 0 Å². The number of benzene rings is 1. The van der Waals surface area contributed by atoms with E-state index < -0.39 is 5.92 Å². The summed E-state index contributed by atoms with van der Waals surface area (Å²) in [5.74, 6) is -1.88. The number of hydrogen-bond donors (Lipinski definition) is 1. The molecule has 1 fully saturated rings. The van der Waals surface area contributed by atoms with Crippen molar-refractivity contribution in [3.05, 3.63) is 48.3 Å². The second-order valence-electron chi connectivity index (χ2n) is 8.54. The van der Waals surface area contributed by atoms with Gasteiger partial charge in [-0.2, -0.15) is 0 Å². The maximum absolute atomic E-state index is 13.5. The number of nitrogens with zero attached hydrogens (tertiary/aromatic N) is 6. The minimum Gasteiger partial charge on any atom is -0.348 e. The zero-order valence-electron chi connectivity index (χ0n) is 18.7. The third kappa shape index (κ3) is 4.47. The van der Waals surface area contributed by atoms with Gasteiger partial charge in [0.15, 0.2) is 11.0 Å². The van der Waals surface area contributed by atoms with Gasteiger partial charge in [-0.15, -0.1) is 10.2 Å². The van der Waals surface area contributed by atoms with Crippen LogP contribution in [-0.4, -0.2) is 49.7 Å². The number of hydrogen-bond acceptors (Lipinski definition) is 7. The van der Waals surface area contributed by atoms with Crippen LogP contribution in [0.3, 0.4) is 0 Å². The largest absolute Gasteiger partial charge is 0.348 e. The first-order valence-electron chi connectivity index (χ1n) is 11.0. The molecule has 1 aliphatic heterocycles. The average Bonchev–Trinajstić information content (AvgIpc) is 3.46. The Kier molecular flexibility index (Phi) is 5.72. The Morgan fingerprint density at radius 2 is 1.94 bits per heavy atom. The predicted octanol–water partition coefficient (Wildman–Crippen LogP) is 5.02. The summed E-state index contributed by atoms with van der Waals surface area (Å²) in [5.41, 5.74) is 1.81. The number of anilines is 2. The zero-order chi connectivity index (χ0) is 23.9. The summed E-state index contributed by atoms with van der Waals surface area (Å²) in [4.78, 5) is 23.9. The molecule has 3 aromatic heterocycles. The number of carbonyl (C=O) groups excluding carboxylic acids is 1. The molecular weight excluding hydrogens is 460 g/mol. The van der Waals surface area contributed by atoms with Gasteiger partial charge in [-0.25, -0.2) is 18.7 Å². The number of nitrogens with one attached hydrogen (secondary N) is 1. The Morgan fingerprint density at radius 3 is 2.71 bits per heavy atom. The molecule has 1 amide bonds. The number of thiazole rings is 1. The highest BCUT2D eigenvalue weighted by atomic mass is 32.1. The van der Waals surface area contributed by atoms with Crippen LogP contribution in [0.4, 0.5) is 19.7 Å². The highest BCUT2D eigenvalue weighted by Crippen LogP contribution is 2.35. The molecule has 5 rings (SSSR count). The van der Waals surface area contributed by atoms with Gasteiger partial charge in [-0.05, 0) is 44.2 Å². The van der Waals surface area contributed by atoms with Gasteiger partial charge in [0.2, 0.25) is 0 Å². The Bertz CT molecular complexity index is 1340. The van der Waals surface area contributed by atoms with Crippen molar-refractivity contribution in [3.8, 4) is 11.5 Å². The molecule has 1 saturated heterocycles. The van der Waals surface area contributed by atoms with Crippen LogP contribution in [0.1, 0.15) is 43.1 Å². The lowest BCUT2D eigenvalue weighted by Crippen LogP contribution is -2.39. The Morgan fingerprint density at radius 1 is 1.15 bits per heavy atom. The molecule has 0 radical (unpaired) electrons. The molecule has 1 aliphatic rings. The van der Waals surface area contributed by atoms with E-state index in [0.717, 1.165) is 10.2 Å². The van der Waals surface area contributed by atoms with Gasteiger partial charge >= 0.3 is 0 Å². The molecule has 0 bridgehead atoms. The molecule has 176 valence electrons. The van der Waals surface area contributed by atoms with Crippen molar-refractivity contribution in [1.29, 1.82) is 0 Å². The maximum Gasteiger partial charge on any atom is 0.256 e. The molecule has 0 atom stereocenters. The van der Waals surface area contributed by atoms with Crippen LogP contribution in [0.2, 0.25) is 0 Å². The van der Waals surface area contributed by atoms with E-state index in [1.807, 2.05) is 29.4 Å². The number of piperidine rings is 1. The third-order valence-corrected chi connectivity index (χ3v) is 6.83. The zero-order valence-corrected chi connectivity index (χ0v) is 19.5. The van der Waals surface area contributed by atoms with Crippen molar-refractivity contribution in [2.24, 2.45) is 0 Å². The molecule has 34 heavy (non-hydrogen) atoms. The molecule has 8 nitrogen and oxygen atoms in total. The molecule has 0 unspecified atom stereocenters. The molecular formula is C23H23F2N7OS. The van der Waals surface area contributed by atoms with Gasteiger partial charge in [0.25, 0.3) is 11.8 Å². The van der Waals surface area contributed by atoms with Gasteiger partial charge in [-0.1, -0.05) is 17.4 Å². The first-order valence-corrected chi connectivity index (χ1v) is 11.8. The van der Waals surface area contributed by atoms with E-state index in [0.29, 0.717) is 28.0 Å². The van der Waals surface area contributed by atoms with Crippen LogP contribution in [0.15, 0.2) is 42.7 Å². The van der Waals surface area contributed by atoms with E-state index in [9.17, 15) is 13.6 Å². The van der Waals surface area contributed by atoms with Crippen molar-refractivity contribution >= 4 is 38.4 Å². The molecule has 0 aliphatic carbocycles. The van der Waals surface area contributed by atoms with E-state index in [1.54, 1.807) is 36.7 Å². The van der Waals surface area contributed by atoms with Crippen molar-refractivity contribution in [2.75, 3.05) is 23.3 Å². The van der Waals surface area contributed by atoms with Crippen LogP contribution >= 0.6 is 11.3 Å². The van der Waals surface area contributed by atoms with Gasteiger partial charge < -0.3 is 14.8 Å². The Balaban J connectivity index is 1.33. The van der Waals surface area contributed by atoms with Crippen LogP contribution in [0.5, 0.6) is 0 Å². The number of rotatable bonds is 5. The summed E-state index contributed by atoms with van der Waals surface area (Å²) in [6.07, 6.45) is 1.31. The average molecular weight is 484 g/mol. The van der Waals surface area contributed by atoms with E-state index in [1.165, 1.54) is 11.3 Å². The van der Waals surface area contributed by atoms with Crippen LogP contribution in [0, 0.1) is 0 Å². The lowest BCUT2D eigenvalue weighted by atomic mass is 10.1. The molecule has 4 heterocycles. The van der Waals surface area contributed by atoms with Gasteiger partial charge in [0.05, 0.1) is 10.2 Å². The minimum absolute atomic E-state index is 0.169. The summed E-state index contributed by atoms with van der Waals surface area (Å²) >= 11 is 1.40. The van der Waals surface area contributed by atoms with E-state index in [-0.39, 0.29) is 37.9 Å². The van der Waals surface area contributed by atoms with Gasteiger partial charge in [-0.3, -0.25) is 4.79 Å². The fourth-order valence-corrected chi connectivity index (χ4v) is 4.89. The summed E-state index contributed by atoms with van der Waals surface area (Å²) in [5, 5.41) is 11.7. The summed E-state index contributed by atoms with van der Waals surface area (Å²) in [7, 11) is 0. The van der Waals surface area contributed by atoms with E-state index in [2.05, 4.69) is 25.5 Å². The molecule has 11 heteroatoms. The summed E-state index contributed by atoms with van der Waals surface area (Å²) < 4.78 is 29.7. The number of halogens is 2. The molecule has 1 N–H and O–H groups in total. The fourth-order valence-electron chi connectivity index (χ4n) is 3.84. The lowest BCUT2D eigenvalue weighted by molar-refractivity contribution is -0.0220. The van der Waals surface area contributed by atoms with Crippen molar-refractivity contribution < 1.29 is 13.6 Å². The number of aromatic nitrogens is 5. The summed E-state index contributed by atoms with van der Waals surface area (Å²) in [6.45, 7) is 4.60. The topological polar surface area (TPSA) is 88.8 Å². The van der Waals surface area contributed by atoms with E-state index >= 15 is 0 Å². The number of carbonyl (C=O) groups is 1. The first-order chi connectivity index (χ1) is 16.3. The highest BCUT2D eigenvalue weighted by molar-refractivity contribution is 7.22. The van der Waals surface area contributed by atoms with Crippen molar-refractivity contribution in [3.63, 3.8) is 0 Å². The summed E-state index contributed by atoms with van der Waals surface area (Å²) in [6, 6.07) is 10.7. The smallest absolute Gasteiger partial charge is 0.256 e. The van der Waals surface area contributed by atoms with Crippen LogP contribution < -0.4 is 10.2 Å². The molecule has 4 aromatic rings. The second-order valence-corrected chi connectivity index (χ2v) is 9.55. The number of fused-ring (bicyclic) bond motifs is 1. The quantitative estimate of drug-likeness (QED) is 0.429. The fraction of sp³-hybridized carbons (Fsp3) is 0.348. The van der Waals surface area contributed by atoms with Crippen LogP contribution in [-0.2, 0) is 0 Å². The normalized spacial score (nSPS) is 15.7. The SMILES string of the molecule is CC(C)n1cnnc1-c1cccc(NC(=O)c2ccc3nc(N4CCC(F)(F)CC4)sc3c2)n1. The number of pyridine rings is 1. The standard InChI is InChI=1S/C23H23F2N7OS/c1-14(2)32-13-26-30-20(32)17-4-3-5-19(27-17)29-21(33)15-6-7-16-18(12-15)34-22(28-16)31-10-8-23(24,25)9-11-31/h3-7,12-14H,8-11H2,1-2H3,(H,27,29,33). The molecule has 0 spiro atoms. The first kappa shape index (κ1) is 22.3. The Labute approximate surface area is 198 Å². The van der Waals surface area contributed by atoms with Crippen LogP contribution in [0.25, 0.3) is 21.7 Å². The second kappa shape index (κ2) is 8.71. The van der Waals surface area contributed by atoms with Crippen molar-refractivity contribution in [1.82, 2.24) is 24.7 Å². The van der Waals surface area contributed by atoms with Gasteiger partial charge in [0.1, 0.15) is 17.8 Å². The number of amides is 1. The number of alkyl halides is 2. The highest BCUT2D eigenvalue weighted by Gasteiger charge is 2.34. The third-order valence-electron chi connectivity index (χ3n) is 5.75. The molecule has 0 saturated carbocycles. The molecule has 1 aromatic carbocycles. The van der Waals surface area contributed by atoms with Gasteiger partial charge in [0, 0.05) is 37.5 Å². The lowest BCUT2D eigenvalue weighted by Gasteiger charge is -2.31. The minimum atomic E-state index is -2.60. The monoisotopic (exact) mass is 483 g/mol. The van der Waals surface area contributed by atoms with Crippen molar-refractivity contribution in [2.45, 2.75) is 38.7 Å². The maximum atomic E-state index is 13.5. The predicted molar refractivity (Wildman–Crippen MR) is 128 cm³/mol. The Hall–Kier alpha value is -3.47.